The van der Waals surface area contributed by atoms with Crippen molar-refractivity contribution in [1.82, 2.24) is 9.47 Å². The lowest BCUT2D eigenvalue weighted by Crippen LogP contribution is -2.23. The highest BCUT2D eigenvalue weighted by Gasteiger charge is 2.34. The fourth-order valence-electron chi connectivity index (χ4n) is 3.43. The third-order valence-corrected chi connectivity index (χ3v) is 5.64. The van der Waals surface area contributed by atoms with E-state index in [0.717, 1.165) is 32.8 Å². The summed E-state index contributed by atoms with van der Waals surface area (Å²) in [6.07, 6.45) is 8.00. The Morgan fingerprint density at radius 2 is 2.00 bits per heavy atom. The molecule has 1 atom stereocenters. The highest BCUT2D eigenvalue weighted by Crippen LogP contribution is 2.24. The molecule has 0 aliphatic carbocycles. The summed E-state index contributed by atoms with van der Waals surface area (Å²) in [5, 5.41) is 0. The fourth-order valence-corrected chi connectivity index (χ4v) is 3.43. The van der Waals surface area contributed by atoms with Crippen molar-refractivity contribution < 1.29 is 22.6 Å². The van der Waals surface area contributed by atoms with Crippen LogP contribution in [-0.2, 0) is 4.74 Å². The van der Waals surface area contributed by atoms with Gasteiger partial charge < -0.3 is 9.47 Å². The molecule has 1 aromatic rings. The van der Waals surface area contributed by atoms with Gasteiger partial charge in [0.25, 0.3) is 5.56 Å². The molecule has 1 aliphatic heterocycles. The Hall–Kier alpha value is -3.07. The van der Waals surface area contributed by atoms with Gasteiger partial charge in [-0.25, -0.2) is 0 Å². The van der Waals surface area contributed by atoms with E-state index < -0.39 is 12.1 Å². The SMILES string of the molecule is C=C/C(=C\C=C(/C)n1ccc(OC/C(=C/CC)N=CC(C)C(F)(F)F)cc1=O)OCCN1CCCC1. The van der Waals surface area contributed by atoms with Gasteiger partial charge in [-0.3, -0.25) is 19.3 Å². The molecule has 6 nitrogen and oxygen atoms in total. The van der Waals surface area contributed by atoms with Gasteiger partial charge in [0, 0.05) is 30.7 Å². The van der Waals surface area contributed by atoms with E-state index in [9.17, 15) is 18.0 Å². The van der Waals surface area contributed by atoms with Crippen LogP contribution in [0, 0.1) is 5.92 Å². The number of likely N-dealkylation sites (tertiary alicyclic amines) is 1. The number of nitrogens with zero attached hydrogens (tertiary/aromatic N) is 3. The Kier molecular flexibility index (Phi) is 11.7. The standard InChI is InChI=1S/C27H36F3N3O3/c1-5-9-23(31-19-21(3)27(28,29)30)20-36-25-12-15-33(26(34)18-25)22(4)10-11-24(6-2)35-17-16-32-13-7-8-14-32/h6,9-12,15,18-19,21H,2,5,7-8,13-14,16-17,20H2,1,3-4H3/b22-10+,23-9-,24-11+,31-19?. The van der Waals surface area contributed by atoms with Gasteiger partial charge in [-0.15, -0.1) is 0 Å². The van der Waals surface area contributed by atoms with Gasteiger partial charge in [0.1, 0.15) is 24.7 Å². The molecule has 0 N–H and O–H groups in total. The van der Waals surface area contributed by atoms with Gasteiger partial charge in [0.05, 0.1) is 11.6 Å². The first kappa shape index (κ1) is 29.2. The van der Waals surface area contributed by atoms with Crippen molar-refractivity contribution in [3.8, 4) is 5.75 Å². The number of aliphatic imine (C=N–C) groups is 1. The Bertz CT molecular complexity index is 1030. The maximum Gasteiger partial charge on any atom is 0.396 e. The van der Waals surface area contributed by atoms with Crippen LogP contribution in [0.2, 0.25) is 0 Å². The molecule has 1 aliphatic rings. The van der Waals surface area contributed by atoms with Crippen molar-refractivity contribution in [3.05, 3.63) is 71.0 Å². The summed E-state index contributed by atoms with van der Waals surface area (Å²) in [5.74, 6) is -0.738. The van der Waals surface area contributed by atoms with Crippen LogP contribution in [-0.4, -0.2) is 54.7 Å². The van der Waals surface area contributed by atoms with E-state index in [4.69, 9.17) is 9.47 Å². The van der Waals surface area contributed by atoms with Gasteiger partial charge in [-0.2, -0.15) is 13.2 Å². The lowest BCUT2D eigenvalue weighted by atomic mass is 10.2. The summed E-state index contributed by atoms with van der Waals surface area (Å²) in [6, 6.07) is 2.95. The van der Waals surface area contributed by atoms with Gasteiger partial charge in [-0.05, 0) is 70.5 Å². The third-order valence-electron chi connectivity index (χ3n) is 5.64. The molecule has 2 heterocycles. The number of halogens is 3. The van der Waals surface area contributed by atoms with Gasteiger partial charge in [0.15, 0.2) is 0 Å². The zero-order chi connectivity index (χ0) is 26.6. The minimum atomic E-state index is -4.35. The maximum atomic E-state index is 12.7. The first-order valence-corrected chi connectivity index (χ1v) is 12.2. The van der Waals surface area contributed by atoms with Crippen molar-refractivity contribution >= 4 is 11.9 Å². The highest BCUT2D eigenvalue weighted by atomic mass is 19.4. The average Bonchev–Trinajstić information content (AvgIpc) is 3.35. The Morgan fingerprint density at radius 1 is 1.28 bits per heavy atom. The third kappa shape index (κ3) is 9.89. The van der Waals surface area contributed by atoms with Crippen LogP contribution in [0.25, 0.3) is 5.70 Å². The molecular formula is C27H36F3N3O3. The number of rotatable bonds is 13. The molecule has 2 rings (SSSR count). The minimum absolute atomic E-state index is 0.0482. The average molecular weight is 508 g/mol. The first-order chi connectivity index (χ1) is 17.1. The van der Waals surface area contributed by atoms with Crippen LogP contribution in [0.1, 0.15) is 40.0 Å². The topological polar surface area (TPSA) is 56.1 Å². The fraction of sp³-hybridized carbons (Fsp3) is 0.481. The molecule has 1 unspecified atom stereocenters. The summed E-state index contributed by atoms with van der Waals surface area (Å²) in [6.45, 7) is 12.1. The minimum Gasteiger partial charge on any atom is -0.492 e. The van der Waals surface area contributed by atoms with E-state index in [1.165, 1.54) is 23.5 Å². The number of ether oxygens (including phenoxy) is 2. The van der Waals surface area contributed by atoms with Gasteiger partial charge in [0.2, 0.25) is 0 Å². The number of hydrogen-bond donors (Lipinski definition) is 0. The number of aromatic nitrogens is 1. The Balaban J connectivity index is 1.99. The van der Waals surface area contributed by atoms with Crippen LogP contribution in [0.4, 0.5) is 13.2 Å². The summed E-state index contributed by atoms with van der Waals surface area (Å²) >= 11 is 0. The molecule has 0 aromatic carbocycles. The maximum absolute atomic E-state index is 12.7. The quantitative estimate of drug-likeness (QED) is 0.191. The summed E-state index contributed by atoms with van der Waals surface area (Å²) in [7, 11) is 0. The summed E-state index contributed by atoms with van der Waals surface area (Å²) in [5.41, 5.74) is 0.729. The summed E-state index contributed by atoms with van der Waals surface area (Å²) < 4.78 is 51.0. The smallest absolute Gasteiger partial charge is 0.396 e. The number of pyridine rings is 1. The van der Waals surface area contributed by atoms with E-state index in [0.29, 0.717) is 35.9 Å². The van der Waals surface area contributed by atoms with Crippen LogP contribution in [0.3, 0.4) is 0 Å². The molecule has 9 heteroatoms. The molecule has 198 valence electrons. The number of hydrogen-bond acceptors (Lipinski definition) is 5. The Labute approximate surface area is 211 Å². The first-order valence-electron chi connectivity index (χ1n) is 12.2. The second-order valence-corrected chi connectivity index (χ2v) is 8.55. The molecule has 0 saturated carbocycles. The monoisotopic (exact) mass is 507 g/mol. The van der Waals surface area contributed by atoms with E-state index in [1.54, 1.807) is 43.5 Å². The molecule has 1 saturated heterocycles. The molecule has 0 amide bonds. The lowest BCUT2D eigenvalue weighted by molar-refractivity contribution is -0.149. The van der Waals surface area contributed by atoms with E-state index >= 15 is 0 Å². The predicted molar refractivity (Wildman–Crippen MR) is 138 cm³/mol. The summed E-state index contributed by atoms with van der Waals surface area (Å²) in [4.78, 5) is 18.9. The number of alkyl halides is 3. The van der Waals surface area contributed by atoms with E-state index in [1.807, 2.05) is 6.92 Å². The highest BCUT2D eigenvalue weighted by molar-refractivity contribution is 5.62. The van der Waals surface area contributed by atoms with Crippen molar-refractivity contribution in [2.45, 2.75) is 46.2 Å². The zero-order valence-corrected chi connectivity index (χ0v) is 21.3. The Morgan fingerprint density at radius 3 is 2.61 bits per heavy atom. The predicted octanol–water partition coefficient (Wildman–Crippen LogP) is 5.83. The van der Waals surface area contributed by atoms with Crippen molar-refractivity contribution in [2.75, 3.05) is 32.8 Å². The van der Waals surface area contributed by atoms with Gasteiger partial charge >= 0.3 is 6.18 Å². The molecule has 0 bridgehead atoms. The van der Waals surface area contributed by atoms with Crippen LogP contribution >= 0.6 is 0 Å². The molecule has 1 fully saturated rings. The van der Waals surface area contributed by atoms with Crippen molar-refractivity contribution in [2.24, 2.45) is 10.9 Å². The van der Waals surface area contributed by atoms with Gasteiger partial charge in [-0.1, -0.05) is 19.6 Å². The number of allylic oxidation sites excluding steroid dienone is 5. The van der Waals surface area contributed by atoms with Crippen molar-refractivity contribution in [1.29, 1.82) is 0 Å². The normalized spacial score (nSPS) is 17.0. The van der Waals surface area contributed by atoms with Crippen LogP contribution < -0.4 is 10.3 Å². The van der Waals surface area contributed by atoms with E-state index in [-0.39, 0.29) is 12.2 Å². The second-order valence-electron chi connectivity index (χ2n) is 8.55. The van der Waals surface area contributed by atoms with Crippen molar-refractivity contribution in [3.63, 3.8) is 0 Å². The molecule has 36 heavy (non-hydrogen) atoms. The second kappa shape index (κ2) is 14.5. The molecule has 0 radical (unpaired) electrons. The molecule has 0 spiro atoms. The lowest BCUT2D eigenvalue weighted by Gasteiger charge is -2.15. The largest absolute Gasteiger partial charge is 0.492 e. The molecule has 1 aromatic heterocycles. The molecular weight excluding hydrogens is 471 g/mol. The zero-order valence-electron chi connectivity index (χ0n) is 21.3. The van der Waals surface area contributed by atoms with E-state index in [2.05, 4.69) is 16.5 Å². The van der Waals surface area contributed by atoms with Crippen LogP contribution in [0.15, 0.2) is 70.5 Å². The van der Waals surface area contributed by atoms with Crippen LogP contribution in [0.5, 0.6) is 5.75 Å².